The third-order valence-electron chi connectivity index (χ3n) is 3.09. The molecule has 94 valence electrons. The van der Waals surface area contributed by atoms with Crippen molar-refractivity contribution in [3.05, 3.63) is 33.0 Å². The van der Waals surface area contributed by atoms with Crippen molar-refractivity contribution in [3.8, 4) is 0 Å². The van der Waals surface area contributed by atoms with Crippen LogP contribution < -0.4 is 5.84 Å². The molecule has 0 bridgehead atoms. The van der Waals surface area contributed by atoms with Crippen molar-refractivity contribution in [2.24, 2.45) is 5.84 Å². The van der Waals surface area contributed by atoms with Gasteiger partial charge in [-0.05, 0) is 12.5 Å². The monoisotopic (exact) mass is 294 g/mol. The van der Waals surface area contributed by atoms with E-state index < -0.39 is 11.6 Å². The molecule has 1 aliphatic carbocycles. The minimum Gasteiger partial charge on any atom is -0.368 e. The fourth-order valence-electron chi connectivity index (χ4n) is 2.12. The van der Waals surface area contributed by atoms with E-state index in [2.05, 4.69) is 0 Å². The Morgan fingerprint density at radius 3 is 2.71 bits per heavy atom. The van der Waals surface area contributed by atoms with Crippen LogP contribution in [0.3, 0.4) is 0 Å². The summed E-state index contributed by atoms with van der Waals surface area (Å²) in [4.78, 5) is 0. The highest BCUT2D eigenvalue weighted by Gasteiger charge is 2.37. The summed E-state index contributed by atoms with van der Waals surface area (Å²) in [5.74, 6) is 5.81. The Morgan fingerprint density at radius 2 is 2.12 bits per heavy atom. The average molecular weight is 296 g/mol. The van der Waals surface area contributed by atoms with E-state index in [4.69, 9.17) is 40.6 Å². The summed E-state index contributed by atoms with van der Waals surface area (Å²) in [5.41, 5.74) is 2.21. The lowest BCUT2D eigenvalue weighted by molar-refractivity contribution is 0.0495. The number of fused-ring (bicyclic) bond motifs is 1. The Balaban J connectivity index is 2.53. The molecule has 2 atom stereocenters. The van der Waals surface area contributed by atoms with Crippen LogP contribution in [0.1, 0.15) is 19.8 Å². The molecule has 0 saturated carbocycles. The standard InChI is InChI=1S/C11H13Cl3N2O/c1-2-5-3-6-7(12)4-8(13)10(14)9(6)11(17)16(5)15/h2,8,11,17H,3-4,15H2,1H3/b5-2-. The second-order valence-corrected chi connectivity index (χ2v) is 5.44. The SMILES string of the molecule is C/C=C1/CC2=C(Cl)CC(Cl)C(Cl)=C2C(O)N1N. The van der Waals surface area contributed by atoms with Gasteiger partial charge in [0.2, 0.25) is 0 Å². The van der Waals surface area contributed by atoms with Gasteiger partial charge in [0.25, 0.3) is 0 Å². The predicted octanol–water partition coefficient (Wildman–Crippen LogP) is 2.78. The van der Waals surface area contributed by atoms with Crippen molar-refractivity contribution >= 4 is 34.8 Å². The molecular weight excluding hydrogens is 282 g/mol. The molecule has 0 aromatic carbocycles. The van der Waals surface area contributed by atoms with Gasteiger partial charge in [-0.15, -0.1) is 11.6 Å². The first kappa shape index (κ1) is 13.2. The molecule has 0 aromatic heterocycles. The largest absolute Gasteiger partial charge is 0.368 e. The van der Waals surface area contributed by atoms with Gasteiger partial charge in [0.15, 0.2) is 6.23 Å². The topological polar surface area (TPSA) is 49.5 Å². The van der Waals surface area contributed by atoms with E-state index in [-0.39, 0.29) is 0 Å². The van der Waals surface area contributed by atoms with Gasteiger partial charge in [0, 0.05) is 34.2 Å². The smallest absolute Gasteiger partial charge is 0.167 e. The van der Waals surface area contributed by atoms with E-state index in [1.165, 1.54) is 5.01 Å². The zero-order chi connectivity index (χ0) is 12.7. The fraction of sp³-hybridized carbons (Fsp3) is 0.455. The first-order valence-electron chi connectivity index (χ1n) is 5.26. The fourth-order valence-corrected chi connectivity index (χ4v) is 3.08. The normalized spacial score (nSPS) is 32.4. The van der Waals surface area contributed by atoms with Gasteiger partial charge in [-0.25, -0.2) is 5.84 Å². The number of aliphatic hydroxyl groups is 1. The van der Waals surface area contributed by atoms with Crippen LogP contribution in [0, 0.1) is 0 Å². The van der Waals surface area contributed by atoms with Gasteiger partial charge >= 0.3 is 0 Å². The molecule has 1 fully saturated rings. The number of nitrogens with zero attached hydrogens (tertiary/aromatic N) is 1. The number of alkyl halides is 1. The Labute approximate surface area is 115 Å². The Bertz CT molecular complexity index is 442. The van der Waals surface area contributed by atoms with Crippen molar-refractivity contribution in [1.82, 2.24) is 5.01 Å². The van der Waals surface area contributed by atoms with Crippen molar-refractivity contribution in [3.63, 3.8) is 0 Å². The van der Waals surface area contributed by atoms with Crippen LogP contribution in [-0.4, -0.2) is 21.7 Å². The van der Waals surface area contributed by atoms with Crippen molar-refractivity contribution in [2.75, 3.05) is 0 Å². The van der Waals surface area contributed by atoms with Gasteiger partial charge < -0.3 is 5.11 Å². The lowest BCUT2D eigenvalue weighted by Crippen LogP contribution is -2.46. The minimum atomic E-state index is -0.993. The number of hydrogen-bond acceptors (Lipinski definition) is 3. The van der Waals surface area contributed by atoms with Crippen LogP contribution in [-0.2, 0) is 0 Å². The van der Waals surface area contributed by atoms with Crippen LogP contribution in [0.15, 0.2) is 33.0 Å². The van der Waals surface area contributed by atoms with Crippen LogP contribution in [0.2, 0.25) is 0 Å². The van der Waals surface area contributed by atoms with Gasteiger partial charge in [-0.2, -0.15) is 0 Å². The molecular formula is C11H13Cl3N2O. The number of hydrogen-bond donors (Lipinski definition) is 2. The summed E-state index contributed by atoms with van der Waals surface area (Å²) in [5, 5.41) is 12.1. The molecule has 2 aliphatic rings. The van der Waals surface area contributed by atoms with Gasteiger partial charge in [-0.3, -0.25) is 5.01 Å². The maximum Gasteiger partial charge on any atom is 0.167 e. The molecule has 3 nitrogen and oxygen atoms in total. The average Bonchev–Trinajstić information content (AvgIpc) is 2.29. The molecule has 2 rings (SSSR count). The van der Waals surface area contributed by atoms with Gasteiger partial charge in [-0.1, -0.05) is 29.3 Å². The Morgan fingerprint density at radius 1 is 1.47 bits per heavy atom. The molecule has 6 heteroatoms. The molecule has 1 heterocycles. The van der Waals surface area contributed by atoms with Crippen LogP contribution in [0.5, 0.6) is 0 Å². The quantitative estimate of drug-likeness (QED) is 0.534. The van der Waals surface area contributed by atoms with Crippen LogP contribution in [0.25, 0.3) is 0 Å². The number of hydrazine groups is 1. The lowest BCUT2D eigenvalue weighted by atomic mass is 9.88. The van der Waals surface area contributed by atoms with Gasteiger partial charge in [0.1, 0.15) is 0 Å². The second kappa shape index (κ2) is 4.82. The molecule has 1 aliphatic heterocycles. The maximum atomic E-state index is 10.1. The van der Waals surface area contributed by atoms with E-state index in [1.54, 1.807) is 0 Å². The zero-order valence-electron chi connectivity index (χ0n) is 9.25. The molecule has 1 saturated heterocycles. The molecule has 0 spiro atoms. The molecule has 3 N–H and O–H groups in total. The van der Waals surface area contributed by atoms with E-state index in [1.807, 2.05) is 13.0 Å². The minimum absolute atomic E-state index is 0.391. The zero-order valence-corrected chi connectivity index (χ0v) is 11.5. The highest BCUT2D eigenvalue weighted by atomic mass is 35.5. The maximum absolute atomic E-state index is 10.1. The van der Waals surface area contributed by atoms with E-state index in [0.717, 1.165) is 11.3 Å². The molecule has 0 aromatic rings. The summed E-state index contributed by atoms with van der Waals surface area (Å²) >= 11 is 18.4. The van der Waals surface area contributed by atoms with Crippen LogP contribution in [0.4, 0.5) is 0 Å². The first-order valence-corrected chi connectivity index (χ1v) is 6.45. The summed E-state index contributed by atoms with van der Waals surface area (Å²) in [6.07, 6.45) is 1.91. The van der Waals surface area contributed by atoms with Crippen molar-refractivity contribution in [2.45, 2.75) is 31.4 Å². The first-order chi connectivity index (χ1) is 7.97. The number of allylic oxidation sites excluding steroid dienone is 4. The highest BCUT2D eigenvalue weighted by Crippen LogP contribution is 2.44. The Hall–Kier alpha value is -0.190. The molecule has 17 heavy (non-hydrogen) atoms. The van der Waals surface area contributed by atoms with E-state index in [9.17, 15) is 5.11 Å². The molecule has 0 radical (unpaired) electrons. The van der Waals surface area contributed by atoms with Crippen molar-refractivity contribution < 1.29 is 5.11 Å². The summed E-state index contributed by atoms with van der Waals surface area (Å²) in [6, 6.07) is 0. The number of halogens is 3. The number of aliphatic hydroxyl groups excluding tert-OH is 1. The summed E-state index contributed by atoms with van der Waals surface area (Å²) < 4.78 is 0. The summed E-state index contributed by atoms with van der Waals surface area (Å²) in [7, 11) is 0. The number of nitrogens with two attached hydrogens (primary N) is 1. The Kier molecular flexibility index (Phi) is 3.76. The van der Waals surface area contributed by atoms with E-state index in [0.29, 0.717) is 28.5 Å². The molecule has 0 amide bonds. The highest BCUT2D eigenvalue weighted by molar-refractivity contribution is 6.40. The lowest BCUT2D eigenvalue weighted by Gasteiger charge is -2.39. The van der Waals surface area contributed by atoms with Gasteiger partial charge in [0.05, 0.1) is 5.38 Å². The number of piperidine rings is 1. The van der Waals surface area contributed by atoms with Crippen molar-refractivity contribution in [1.29, 1.82) is 0 Å². The number of rotatable bonds is 0. The molecule has 2 unspecified atom stereocenters. The van der Waals surface area contributed by atoms with Crippen LogP contribution >= 0.6 is 34.8 Å². The summed E-state index contributed by atoms with van der Waals surface area (Å²) in [6.45, 7) is 1.86. The van der Waals surface area contributed by atoms with E-state index >= 15 is 0 Å². The third kappa shape index (κ3) is 2.11. The predicted molar refractivity (Wildman–Crippen MR) is 70.4 cm³/mol. The third-order valence-corrected chi connectivity index (χ3v) is 4.42. The second-order valence-electron chi connectivity index (χ2n) is 4.05.